The van der Waals surface area contributed by atoms with Crippen LogP contribution in [0.1, 0.15) is 329 Å². The first-order valence-electron chi connectivity index (χ1n) is 31.8. The molecule has 0 radical (unpaired) electrons. The third kappa shape index (κ3) is 59.9. The molecular weight excluding hydrogens is 901 g/mol. The first-order chi connectivity index (χ1) is 36.0. The second kappa shape index (κ2) is 61.7. The highest BCUT2D eigenvalue weighted by molar-refractivity contribution is 5.71. The van der Waals surface area contributed by atoms with Crippen molar-refractivity contribution in [1.29, 1.82) is 0 Å². The minimum Gasteiger partial charge on any atom is -0.462 e. The maximum absolute atomic E-state index is 12.9. The van der Waals surface area contributed by atoms with Crippen molar-refractivity contribution in [2.45, 2.75) is 335 Å². The molecule has 424 valence electrons. The summed E-state index contributed by atoms with van der Waals surface area (Å²) in [6, 6.07) is 0. The lowest BCUT2D eigenvalue weighted by Gasteiger charge is -2.18. The van der Waals surface area contributed by atoms with E-state index in [0.29, 0.717) is 19.3 Å². The number of esters is 3. The molecule has 0 spiro atoms. The van der Waals surface area contributed by atoms with Crippen molar-refractivity contribution in [3.63, 3.8) is 0 Å². The van der Waals surface area contributed by atoms with E-state index in [-0.39, 0.29) is 31.1 Å². The van der Waals surface area contributed by atoms with Crippen LogP contribution < -0.4 is 0 Å². The first-order valence-corrected chi connectivity index (χ1v) is 31.8. The van der Waals surface area contributed by atoms with Crippen LogP contribution in [0.25, 0.3) is 0 Å². The summed E-state index contributed by atoms with van der Waals surface area (Å²) in [5, 5.41) is 0. The number of unbranched alkanes of at least 4 members (excludes halogenated alkanes) is 37. The zero-order valence-electron chi connectivity index (χ0n) is 48.7. The Balaban J connectivity index is 4.32. The van der Waals surface area contributed by atoms with Gasteiger partial charge in [0.1, 0.15) is 13.2 Å². The predicted molar refractivity (Wildman–Crippen MR) is 316 cm³/mol. The van der Waals surface area contributed by atoms with Crippen LogP contribution in [0.2, 0.25) is 0 Å². The SMILES string of the molecule is CCC/C=C\C/C=C\CCCCCCCC(=O)OCC(COC(=O)CCCCCCCCCC/C=C\C/C=C\C/C=C\CCCCCCC)OC(=O)CCCCCCCCCCCCCCCCCCCCC. The number of allylic oxidation sites excluding steroid dienone is 10. The van der Waals surface area contributed by atoms with Crippen molar-refractivity contribution in [2.75, 3.05) is 13.2 Å². The second-order valence-electron chi connectivity index (χ2n) is 21.3. The van der Waals surface area contributed by atoms with Crippen LogP contribution in [-0.2, 0) is 28.6 Å². The summed E-state index contributed by atoms with van der Waals surface area (Å²) in [5.74, 6) is -0.883. The summed E-state index contributed by atoms with van der Waals surface area (Å²) in [5.41, 5.74) is 0. The third-order valence-electron chi connectivity index (χ3n) is 14.0. The van der Waals surface area contributed by atoms with Crippen LogP contribution in [0, 0.1) is 0 Å². The summed E-state index contributed by atoms with van der Waals surface area (Å²) >= 11 is 0. The molecule has 6 nitrogen and oxygen atoms in total. The number of rotatable bonds is 58. The van der Waals surface area contributed by atoms with E-state index in [9.17, 15) is 14.4 Å². The van der Waals surface area contributed by atoms with Gasteiger partial charge in [0.15, 0.2) is 6.10 Å². The molecule has 0 heterocycles. The number of hydrogen-bond donors (Lipinski definition) is 0. The molecule has 6 heteroatoms. The Hall–Kier alpha value is -2.89. The van der Waals surface area contributed by atoms with Crippen LogP contribution in [0.5, 0.6) is 0 Å². The maximum atomic E-state index is 12.9. The highest BCUT2D eigenvalue weighted by atomic mass is 16.6. The fraction of sp³-hybridized carbons (Fsp3) is 0.806. The topological polar surface area (TPSA) is 78.9 Å². The van der Waals surface area contributed by atoms with Crippen molar-refractivity contribution in [3.8, 4) is 0 Å². The summed E-state index contributed by atoms with van der Waals surface area (Å²) < 4.78 is 16.9. The molecule has 0 bridgehead atoms. The van der Waals surface area contributed by atoms with E-state index >= 15 is 0 Å². The molecule has 0 saturated carbocycles. The Bertz CT molecular complexity index is 1310. The molecule has 0 aliphatic heterocycles. The van der Waals surface area contributed by atoms with Crippen LogP contribution in [0.15, 0.2) is 60.8 Å². The molecule has 0 saturated heterocycles. The predicted octanol–water partition coefficient (Wildman–Crippen LogP) is 21.6. The summed E-state index contributed by atoms with van der Waals surface area (Å²) in [7, 11) is 0. The Morgan fingerprint density at radius 3 is 0.822 bits per heavy atom. The van der Waals surface area contributed by atoms with Gasteiger partial charge in [0, 0.05) is 19.3 Å². The van der Waals surface area contributed by atoms with Crippen molar-refractivity contribution in [3.05, 3.63) is 60.8 Å². The van der Waals surface area contributed by atoms with Crippen molar-refractivity contribution < 1.29 is 28.6 Å². The molecule has 0 aromatic carbocycles. The monoisotopic (exact) mass is 1020 g/mol. The Morgan fingerprint density at radius 1 is 0.274 bits per heavy atom. The van der Waals surface area contributed by atoms with Gasteiger partial charge in [-0.25, -0.2) is 0 Å². The molecule has 0 rings (SSSR count). The molecule has 0 aromatic rings. The van der Waals surface area contributed by atoms with Gasteiger partial charge in [-0.3, -0.25) is 14.4 Å². The van der Waals surface area contributed by atoms with E-state index in [1.165, 1.54) is 186 Å². The van der Waals surface area contributed by atoms with Crippen LogP contribution in [0.3, 0.4) is 0 Å². The van der Waals surface area contributed by atoms with E-state index in [0.717, 1.165) is 103 Å². The molecule has 0 N–H and O–H groups in total. The lowest BCUT2D eigenvalue weighted by Crippen LogP contribution is -2.30. The van der Waals surface area contributed by atoms with E-state index in [1.54, 1.807) is 0 Å². The van der Waals surface area contributed by atoms with Crippen molar-refractivity contribution >= 4 is 17.9 Å². The van der Waals surface area contributed by atoms with E-state index in [1.807, 2.05) is 0 Å². The molecule has 1 atom stereocenters. The van der Waals surface area contributed by atoms with Crippen LogP contribution in [-0.4, -0.2) is 37.2 Å². The molecule has 0 aromatic heterocycles. The zero-order chi connectivity index (χ0) is 52.9. The number of ether oxygens (including phenoxy) is 3. The fourth-order valence-corrected chi connectivity index (χ4v) is 9.20. The smallest absolute Gasteiger partial charge is 0.306 e. The fourth-order valence-electron chi connectivity index (χ4n) is 9.20. The Labute approximate surface area is 453 Å². The van der Waals surface area contributed by atoms with Crippen LogP contribution >= 0.6 is 0 Å². The van der Waals surface area contributed by atoms with Gasteiger partial charge < -0.3 is 14.2 Å². The normalized spacial score (nSPS) is 12.4. The zero-order valence-corrected chi connectivity index (χ0v) is 48.7. The van der Waals surface area contributed by atoms with Gasteiger partial charge in [0.05, 0.1) is 0 Å². The summed E-state index contributed by atoms with van der Waals surface area (Å²) in [6.45, 7) is 6.59. The average molecular weight is 1020 g/mol. The molecule has 73 heavy (non-hydrogen) atoms. The van der Waals surface area contributed by atoms with E-state index in [4.69, 9.17) is 14.2 Å². The van der Waals surface area contributed by atoms with Gasteiger partial charge in [-0.05, 0) is 83.5 Å². The van der Waals surface area contributed by atoms with Gasteiger partial charge in [-0.15, -0.1) is 0 Å². The summed E-state index contributed by atoms with van der Waals surface area (Å²) in [4.78, 5) is 38.3. The molecule has 0 aliphatic carbocycles. The lowest BCUT2D eigenvalue weighted by molar-refractivity contribution is -0.167. The van der Waals surface area contributed by atoms with Gasteiger partial charge in [-0.1, -0.05) is 287 Å². The Morgan fingerprint density at radius 2 is 0.521 bits per heavy atom. The molecular formula is C67H120O6. The highest BCUT2D eigenvalue weighted by Crippen LogP contribution is 2.17. The minimum absolute atomic E-state index is 0.0800. The largest absolute Gasteiger partial charge is 0.462 e. The van der Waals surface area contributed by atoms with Gasteiger partial charge in [-0.2, -0.15) is 0 Å². The van der Waals surface area contributed by atoms with Crippen molar-refractivity contribution in [1.82, 2.24) is 0 Å². The quantitative estimate of drug-likeness (QED) is 0.0261. The van der Waals surface area contributed by atoms with Gasteiger partial charge in [0.2, 0.25) is 0 Å². The number of carbonyl (C=O) groups is 3. The number of hydrogen-bond acceptors (Lipinski definition) is 6. The van der Waals surface area contributed by atoms with Crippen molar-refractivity contribution in [2.24, 2.45) is 0 Å². The third-order valence-corrected chi connectivity index (χ3v) is 14.0. The van der Waals surface area contributed by atoms with E-state index in [2.05, 4.69) is 81.5 Å². The lowest BCUT2D eigenvalue weighted by atomic mass is 10.0. The van der Waals surface area contributed by atoms with Gasteiger partial charge >= 0.3 is 17.9 Å². The van der Waals surface area contributed by atoms with Crippen LogP contribution in [0.4, 0.5) is 0 Å². The molecule has 0 amide bonds. The summed E-state index contributed by atoms with van der Waals surface area (Å²) in [6.07, 6.45) is 77.9. The Kier molecular flexibility index (Phi) is 59.2. The maximum Gasteiger partial charge on any atom is 0.306 e. The highest BCUT2D eigenvalue weighted by Gasteiger charge is 2.19. The van der Waals surface area contributed by atoms with Gasteiger partial charge in [0.25, 0.3) is 0 Å². The number of carbonyl (C=O) groups excluding carboxylic acids is 3. The molecule has 1 unspecified atom stereocenters. The average Bonchev–Trinajstić information content (AvgIpc) is 3.39. The standard InChI is InChI=1S/C67H120O6/c1-4-7-10-13-16-19-22-25-27-29-31-32-33-34-36-37-39-42-45-48-51-54-57-60-66(69)72-63-64(62-71-65(68)59-56-53-50-47-44-41-24-21-18-15-12-9-6-3)73-67(70)61-58-55-52-49-46-43-40-38-35-30-28-26-23-20-17-14-11-8-5-2/h12,15,21-22,24-25,29,31,33-34,64H,4-11,13-14,16-20,23,26-28,30,32,35-63H2,1-3H3/b15-12-,24-21-,25-22-,31-29-,34-33-. The first kappa shape index (κ1) is 70.1. The molecule has 0 aliphatic rings. The molecule has 0 fully saturated rings. The van der Waals surface area contributed by atoms with E-state index < -0.39 is 6.10 Å². The second-order valence-corrected chi connectivity index (χ2v) is 21.3. The minimum atomic E-state index is -0.782.